The van der Waals surface area contributed by atoms with Crippen LogP contribution in [-0.4, -0.2) is 19.3 Å². The Morgan fingerprint density at radius 3 is 2.75 bits per heavy atom. The smallest absolute Gasteiger partial charge is 0.254 e. The number of nitrogens with zero attached hydrogens (tertiary/aromatic N) is 1. The minimum atomic E-state index is -3.44. The third-order valence-corrected chi connectivity index (χ3v) is 7.86. The van der Waals surface area contributed by atoms with E-state index in [9.17, 15) is 8.42 Å². The molecule has 2 aromatic rings. The maximum Gasteiger partial charge on any atom is 0.254 e. The predicted octanol–water partition coefficient (Wildman–Crippen LogP) is 2.84. The molecule has 0 atom stereocenters. The van der Waals surface area contributed by atoms with E-state index in [1.807, 2.05) is 18.2 Å². The summed E-state index contributed by atoms with van der Waals surface area (Å²) in [5.74, 6) is 0. The van der Waals surface area contributed by atoms with Gasteiger partial charge in [0, 0.05) is 23.2 Å². The monoisotopic (exact) mass is 372 g/mol. The van der Waals surface area contributed by atoms with Gasteiger partial charge in [0.25, 0.3) is 10.0 Å². The van der Waals surface area contributed by atoms with E-state index in [1.54, 1.807) is 11.4 Å². The summed E-state index contributed by atoms with van der Waals surface area (Å²) in [7, 11) is -3.44. The lowest BCUT2D eigenvalue weighted by atomic mass is 10.0. The van der Waals surface area contributed by atoms with Crippen LogP contribution in [0.25, 0.3) is 0 Å². The topological polar surface area (TPSA) is 63.4 Å². The van der Waals surface area contributed by atoms with Crippen LogP contribution in [0.4, 0.5) is 5.69 Å². The summed E-state index contributed by atoms with van der Waals surface area (Å²) in [6.07, 6.45) is 0.720. The van der Waals surface area contributed by atoms with Gasteiger partial charge in [0.15, 0.2) is 0 Å². The molecule has 0 amide bonds. The summed E-state index contributed by atoms with van der Waals surface area (Å²) < 4.78 is 27.8. The minimum absolute atomic E-state index is 0.366. The van der Waals surface area contributed by atoms with Gasteiger partial charge < -0.3 is 5.73 Å². The van der Waals surface area contributed by atoms with Gasteiger partial charge in [-0.25, -0.2) is 8.42 Å². The lowest BCUT2D eigenvalue weighted by Crippen LogP contribution is -2.35. The van der Waals surface area contributed by atoms with Gasteiger partial charge in [-0.15, -0.1) is 11.3 Å². The molecule has 7 heteroatoms. The molecule has 0 fully saturated rings. The first-order chi connectivity index (χ1) is 9.48. The van der Waals surface area contributed by atoms with Crippen molar-refractivity contribution in [1.82, 2.24) is 4.31 Å². The fourth-order valence-corrected chi connectivity index (χ4v) is 6.21. The van der Waals surface area contributed by atoms with Gasteiger partial charge >= 0.3 is 0 Å². The van der Waals surface area contributed by atoms with Crippen molar-refractivity contribution in [2.24, 2.45) is 0 Å². The highest BCUT2D eigenvalue weighted by Crippen LogP contribution is 2.33. The van der Waals surface area contributed by atoms with Gasteiger partial charge in [-0.05, 0) is 57.1 Å². The van der Waals surface area contributed by atoms with Crippen molar-refractivity contribution >= 4 is 43.0 Å². The van der Waals surface area contributed by atoms with Crippen molar-refractivity contribution in [3.05, 3.63) is 45.2 Å². The van der Waals surface area contributed by atoms with Crippen LogP contribution in [0, 0.1) is 0 Å². The van der Waals surface area contributed by atoms with Crippen molar-refractivity contribution in [3.63, 3.8) is 0 Å². The molecule has 3 rings (SSSR count). The van der Waals surface area contributed by atoms with E-state index in [-0.39, 0.29) is 0 Å². The van der Waals surface area contributed by atoms with Crippen LogP contribution in [0.5, 0.6) is 0 Å². The zero-order chi connectivity index (χ0) is 14.3. The summed E-state index contributed by atoms with van der Waals surface area (Å²) in [4.78, 5) is 0. The third kappa shape index (κ3) is 2.39. The molecule has 0 saturated heterocycles. The van der Waals surface area contributed by atoms with Crippen LogP contribution in [0.15, 0.2) is 38.3 Å². The van der Waals surface area contributed by atoms with Gasteiger partial charge in [-0.1, -0.05) is 6.07 Å². The number of nitrogens with two attached hydrogens (primary N) is 1. The highest BCUT2D eigenvalue weighted by Gasteiger charge is 2.30. The van der Waals surface area contributed by atoms with Crippen LogP contribution in [-0.2, 0) is 23.0 Å². The zero-order valence-corrected chi connectivity index (χ0v) is 13.8. The number of hydrogen-bond donors (Lipinski definition) is 1. The first-order valence-electron chi connectivity index (χ1n) is 6.09. The largest absolute Gasteiger partial charge is 0.399 e. The number of rotatable bonds is 2. The molecule has 0 saturated carbocycles. The SMILES string of the molecule is Nc1ccc2c(c1)CN(S(=O)(=O)c1sccc1Br)CC2. The van der Waals surface area contributed by atoms with Gasteiger partial charge in [0.2, 0.25) is 0 Å². The Morgan fingerprint density at radius 1 is 1.25 bits per heavy atom. The quantitative estimate of drug-likeness (QED) is 0.824. The Balaban J connectivity index is 1.96. The molecule has 20 heavy (non-hydrogen) atoms. The number of halogens is 1. The highest BCUT2D eigenvalue weighted by atomic mass is 79.9. The number of hydrogen-bond acceptors (Lipinski definition) is 4. The lowest BCUT2D eigenvalue weighted by Gasteiger charge is -2.28. The van der Waals surface area contributed by atoms with Crippen molar-refractivity contribution < 1.29 is 8.42 Å². The Kier molecular flexibility index (Phi) is 3.62. The zero-order valence-electron chi connectivity index (χ0n) is 10.5. The van der Waals surface area contributed by atoms with E-state index in [0.717, 1.165) is 12.0 Å². The molecule has 1 aliphatic rings. The number of benzene rings is 1. The standard InChI is InChI=1S/C13H13BrN2O2S2/c14-12-4-6-19-13(12)20(17,18)16-5-3-9-1-2-11(15)7-10(9)8-16/h1-2,4,6-7H,3,5,8,15H2. The maximum absolute atomic E-state index is 12.6. The molecule has 2 heterocycles. The second-order valence-corrected chi connectivity index (χ2v) is 8.58. The van der Waals surface area contributed by atoms with E-state index in [1.165, 1.54) is 21.2 Å². The number of sulfonamides is 1. The van der Waals surface area contributed by atoms with Crippen LogP contribution < -0.4 is 5.73 Å². The van der Waals surface area contributed by atoms with Gasteiger partial charge in [-0.3, -0.25) is 0 Å². The fraction of sp³-hybridized carbons (Fsp3) is 0.231. The summed E-state index contributed by atoms with van der Waals surface area (Å²) in [6.45, 7) is 0.886. The van der Waals surface area contributed by atoms with Gasteiger partial charge in [-0.2, -0.15) is 4.31 Å². The van der Waals surface area contributed by atoms with Crippen LogP contribution in [0.3, 0.4) is 0 Å². The van der Waals surface area contributed by atoms with E-state index in [4.69, 9.17) is 5.73 Å². The molecule has 1 aromatic heterocycles. The summed E-state index contributed by atoms with van der Waals surface area (Å²) >= 11 is 4.53. The number of fused-ring (bicyclic) bond motifs is 1. The first-order valence-corrected chi connectivity index (χ1v) is 9.20. The summed E-state index contributed by atoms with van der Waals surface area (Å²) in [6, 6.07) is 7.46. The third-order valence-electron chi connectivity index (χ3n) is 3.37. The second kappa shape index (κ2) is 5.14. The van der Waals surface area contributed by atoms with Crippen molar-refractivity contribution in [3.8, 4) is 0 Å². The van der Waals surface area contributed by atoms with Crippen molar-refractivity contribution in [2.45, 2.75) is 17.2 Å². The molecule has 0 unspecified atom stereocenters. The second-order valence-electron chi connectivity index (χ2n) is 4.67. The molecule has 4 nitrogen and oxygen atoms in total. The summed E-state index contributed by atoms with van der Waals surface area (Å²) in [5.41, 5.74) is 8.62. The van der Waals surface area contributed by atoms with Crippen LogP contribution >= 0.6 is 27.3 Å². The van der Waals surface area contributed by atoms with Crippen molar-refractivity contribution in [2.75, 3.05) is 12.3 Å². The molecular formula is C13H13BrN2O2S2. The average molecular weight is 373 g/mol. The number of anilines is 1. The van der Waals surface area contributed by atoms with E-state index in [0.29, 0.717) is 27.5 Å². The van der Waals surface area contributed by atoms with Crippen molar-refractivity contribution in [1.29, 1.82) is 0 Å². The number of nitrogen functional groups attached to an aromatic ring is 1. The maximum atomic E-state index is 12.6. The lowest BCUT2D eigenvalue weighted by molar-refractivity contribution is 0.392. The van der Waals surface area contributed by atoms with E-state index < -0.39 is 10.0 Å². The molecule has 0 spiro atoms. The Labute approximate surface area is 130 Å². The molecule has 0 bridgehead atoms. The first kappa shape index (κ1) is 14.1. The van der Waals surface area contributed by atoms with Crippen LogP contribution in [0.2, 0.25) is 0 Å². The van der Waals surface area contributed by atoms with Crippen LogP contribution in [0.1, 0.15) is 11.1 Å². The van der Waals surface area contributed by atoms with Gasteiger partial charge in [0.05, 0.1) is 0 Å². The molecule has 1 aliphatic heterocycles. The van der Waals surface area contributed by atoms with Gasteiger partial charge in [0.1, 0.15) is 4.21 Å². The summed E-state index contributed by atoms with van der Waals surface area (Å²) in [5, 5.41) is 1.77. The molecular weight excluding hydrogens is 360 g/mol. The molecule has 0 aliphatic carbocycles. The average Bonchev–Trinajstić information content (AvgIpc) is 2.84. The molecule has 2 N–H and O–H groups in total. The fourth-order valence-electron chi connectivity index (χ4n) is 2.34. The highest BCUT2D eigenvalue weighted by molar-refractivity contribution is 9.10. The predicted molar refractivity (Wildman–Crippen MR) is 84.2 cm³/mol. The van der Waals surface area contributed by atoms with E-state index in [2.05, 4.69) is 15.9 Å². The normalized spacial score (nSPS) is 16.1. The molecule has 0 radical (unpaired) electrons. The van der Waals surface area contributed by atoms with E-state index >= 15 is 0 Å². The Morgan fingerprint density at radius 2 is 2.05 bits per heavy atom. The number of thiophene rings is 1. The Bertz CT molecular complexity index is 755. The molecule has 1 aromatic carbocycles. The molecule has 106 valence electrons. The minimum Gasteiger partial charge on any atom is -0.399 e. The Hall–Kier alpha value is -0.890.